The molecular formula is C29H33ClN6O2. The van der Waals surface area contributed by atoms with Crippen LogP contribution < -0.4 is 15.5 Å². The molecule has 38 heavy (non-hydrogen) atoms. The average molecular weight is 533 g/mol. The predicted octanol–water partition coefficient (Wildman–Crippen LogP) is 3.80. The van der Waals surface area contributed by atoms with Crippen LogP contribution >= 0.6 is 11.6 Å². The molecule has 1 aliphatic heterocycles. The SMILES string of the molecule is CC(=O)NCCNc1cc(N2CCN(C(=O)C3CCc4ccccc4C3)CC2)nc(-c2ccc(Cl)cc2)n1. The number of aryl methyl sites for hydroxylation is 1. The van der Waals surface area contributed by atoms with E-state index in [-0.39, 0.29) is 17.7 Å². The highest BCUT2D eigenvalue weighted by Gasteiger charge is 2.30. The Hall–Kier alpha value is -3.65. The van der Waals surface area contributed by atoms with Crippen LogP contribution in [0.2, 0.25) is 5.02 Å². The van der Waals surface area contributed by atoms with E-state index in [2.05, 4.69) is 39.8 Å². The highest BCUT2D eigenvalue weighted by atomic mass is 35.5. The maximum Gasteiger partial charge on any atom is 0.226 e. The van der Waals surface area contributed by atoms with Crippen LogP contribution in [0.4, 0.5) is 11.6 Å². The van der Waals surface area contributed by atoms with Crippen molar-refractivity contribution in [3.8, 4) is 11.4 Å². The molecule has 2 N–H and O–H groups in total. The molecule has 2 heterocycles. The van der Waals surface area contributed by atoms with Crippen LogP contribution in [-0.4, -0.2) is 66.0 Å². The molecule has 2 aliphatic rings. The summed E-state index contributed by atoms with van der Waals surface area (Å²) in [6.45, 7) is 5.29. The van der Waals surface area contributed by atoms with Crippen LogP contribution in [0.1, 0.15) is 24.5 Å². The fourth-order valence-corrected chi connectivity index (χ4v) is 5.29. The summed E-state index contributed by atoms with van der Waals surface area (Å²) < 4.78 is 0. The summed E-state index contributed by atoms with van der Waals surface area (Å²) >= 11 is 6.09. The summed E-state index contributed by atoms with van der Waals surface area (Å²) in [4.78, 5) is 38.3. The first-order chi connectivity index (χ1) is 18.5. The molecule has 0 spiro atoms. The Kier molecular flexibility index (Phi) is 8.08. The van der Waals surface area contributed by atoms with Gasteiger partial charge in [0.2, 0.25) is 11.8 Å². The van der Waals surface area contributed by atoms with Gasteiger partial charge in [-0.1, -0.05) is 35.9 Å². The van der Waals surface area contributed by atoms with Crippen molar-refractivity contribution in [2.45, 2.75) is 26.2 Å². The normalized spacial score (nSPS) is 17.1. The molecular weight excluding hydrogens is 500 g/mol. The number of carbonyl (C=O) groups is 2. The molecule has 8 nitrogen and oxygen atoms in total. The third-order valence-corrected chi connectivity index (χ3v) is 7.48. The van der Waals surface area contributed by atoms with Gasteiger partial charge in [-0.2, -0.15) is 0 Å². The second-order valence-corrected chi connectivity index (χ2v) is 10.3. The van der Waals surface area contributed by atoms with E-state index >= 15 is 0 Å². The van der Waals surface area contributed by atoms with Gasteiger partial charge in [0.05, 0.1) is 0 Å². The van der Waals surface area contributed by atoms with Crippen LogP contribution in [0.3, 0.4) is 0 Å². The summed E-state index contributed by atoms with van der Waals surface area (Å²) in [5.41, 5.74) is 3.56. The van der Waals surface area contributed by atoms with E-state index in [1.807, 2.05) is 35.2 Å². The van der Waals surface area contributed by atoms with Crippen LogP contribution in [0.25, 0.3) is 11.4 Å². The minimum Gasteiger partial charge on any atom is -0.368 e. The highest BCUT2D eigenvalue weighted by Crippen LogP contribution is 2.28. The number of amides is 2. The third kappa shape index (κ3) is 6.25. The molecule has 0 bridgehead atoms. The molecule has 9 heteroatoms. The van der Waals surface area contributed by atoms with E-state index in [1.165, 1.54) is 18.1 Å². The molecule has 1 aromatic heterocycles. The molecule has 0 radical (unpaired) electrons. The second-order valence-electron chi connectivity index (χ2n) is 9.87. The summed E-state index contributed by atoms with van der Waals surface area (Å²) in [7, 11) is 0. The van der Waals surface area contributed by atoms with E-state index in [4.69, 9.17) is 21.6 Å². The Morgan fingerprint density at radius 3 is 2.45 bits per heavy atom. The fraction of sp³-hybridized carbons (Fsp3) is 0.379. The van der Waals surface area contributed by atoms with Crippen molar-refractivity contribution in [1.82, 2.24) is 20.2 Å². The van der Waals surface area contributed by atoms with Crippen molar-refractivity contribution < 1.29 is 9.59 Å². The zero-order valence-electron chi connectivity index (χ0n) is 21.6. The molecule has 5 rings (SSSR count). The summed E-state index contributed by atoms with van der Waals surface area (Å²) in [5, 5.41) is 6.74. The van der Waals surface area contributed by atoms with Gasteiger partial charge in [0, 0.05) is 68.8 Å². The van der Waals surface area contributed by atoms with Crippen molar-refractivity contribution in [3.63, 3.8) is 0 Å². The van der Waals surface area contributed by atoms with Crippen LogP contribution in [0.15, 0.2) is 54.6 Å². The number of nitrogens with one attached hydrogen (secondary N) is 2. The molecule has 1 fully saturated rings. The minimum atomic E-state index is -0.0677. The molecule has 2 amide bonds. The molecule has 1 unspecified atom stereocenters. The van der Waals surface area contributed by atoms with Gasteiger partial charge in [-0.15, -0.1) is 0 Å². The topological polar surface area (TPSA) is 90.5 Å². The predicted molar refractivity (Wildman–Crippen MR) is 150 cm³/mol. The molecule has 1 aliphatic carbocycles. The largest absolute Gasteiger partial charge is 0.368 e. The van der Waals surface area contributed by atoms with E-state index < -0.39 is 0 Å². The lowest BCUT2D eigenvalue weighted by Crippen LogP contribution is -2.51. The zero-order chi connectivity index (χ0) is 26.5. The Labute approximate surface area is 228 Å². The Bertz CT molecular complexity index is 1290. The Balaban J connectivity index is 1.27. The molecule has 198 valence electrons. The van der Waals surface area contributed by atoms with E-state index in [9.17, 15) is 9.59 Å². The minimum absolute atomic E-state index is 0.0615. The van der Waals surface area contributed by atoms with E-state index in [1.54, 1.807) is 0 Å². The first-order valence-electron chi connectivity index (χ1n) is 13.2. The van der Waals surface area contributed by atoms with Crippen LogP contribution in [-0.2, 0) is 22.4 Å². The number of halogens is 1. The Morgan fingerprint density at radius 1 is 0.974 bits per heavy atom. The monoisotopic (exact) mass is 532 g/mol. The quantitative estimate of drug-likeness (QED) is 0.450. The van der Waals surface area contributed by atoms with Crippen LogP contribution in [0, 0.1) is 5.92 Å². The van der Waals surface area contributed by atoms with Gasteiger partial charge in [-0.25, -0.2) is 9.97 Å². The van der Waals surface area contributed by atoms with Gasteiger partial charge in [0.25, 0.3) is 0 Å². The maximum atomic E-state index is 13.4. The molecule has 1 saturated heterocycles. The lowest BCUT2D eigenvalue weighted by Gasteiger charge is -2.38. The summed E-state index contributed by atoms with van der Waals surface area (Å²) in [6, 6.07) is 17.9. The molecule has 0 saturated carbocycles. The fourth-order valence-electron chi connectivity index (χ4n) is 5.17. The van der Waals surface area contributed by atoms with E-state index in [0.29, 0.717) is 55.9 Å². The number of hydrogen-bond acceptors (Lipinski definition) is 6. The number of fused-ring (bicyclic) bond motifs is 1. The van der Waals surface area contributed by atoms with Gasteiger partial charge in [0.15, 0.2) is 5.82 Å². The van der Waals surface area contributed by atoms with Crippen LogP contribution in [0.5, 0.6) is 0 Å². The van der Waals surface area contributed by atoms with Crippen molar-refractivity contribution in [1.29, 1.82) is 0 Å². The molecule has 3 aromatic rings. The van der Waals surface area contributed by atoms with E-state index in [0.717, 1.165) is 30.6 Å². The third-order valence-electron chi connectivity index (χ3n) is 7.23. The van der Waals surface area contributed by atoms with Gasteiger partial charge in [-0.3, -0.25) is 9.59 Å². The lowest BCUT2D eigenvalue weighted by molar-refractivity contribution is -0.136. The smallest absolute Gasteiger partial charge is 0.226 e. The first kappa shape index (κ1) is 26.0. The molecule has 1 atom stereocenters. The first-order valence-corrected chi connectivity index (χ1v) is 13.6. The molecule has 2 aromatic carbocycles. The Morgan fingerprint density at radius 2 is 1.71 bits per heavy atom. The average Bonchev–Trinajstić information content (AvgIpc) is 2.95. The van der Waals surface area contributed by atoms with Crippen molar-refractivity contribution in [2.75, 3.05) is 49.5 Å². The lowest BCUT2D eigenvalue weighted by atomic mass is 9.83. The van der Waals surface area contributed by atoms with Crippen molar-refractivity contribution in [2.24, 2.45) is 5.92 Å². The summed E-state index contributed by atoms with van der Waals surface area (Å²) in [5.74, 6) is 2.35. The van der Waals surface area contributed by atoms with Gasteiger partial charge in [-0.05, 0) is 54.7 Å². The van der Waals surface area contributed by atoms with Gasteiger partial charge >= 0.3 is 0 Å². The number of rotatable bonds is 7. The number of carbonyl (C=O) groups excluding carboxylic acids is 2. The number of aromatic nitrogens is 2. The standard InChI is InChI=1S/C29H33ClN6O2/c1-20(37)31-12-13-32-26-19-27(34-28(33-26)22-8-10-25(30)11-9-22)35-14-16-36(17-15-35)29(38)24-7-6-21-4-2-3-5-23(21)18-24/h2-5,8-11,19,24H,6-7,12-18H2,1H3,(H,31,37)(H,32,33,34). The highest BCUT2D eigenvalue weighted by molar-refractivity contribution is 6.30. The number of benzene rings is 2. The number of piperazine rings is 1. The van der Waals surface area contributed by atoms with Gasteiger partial charge in [0.1, 0.15) is 11.6 Å². The van der Waals surface area contributed by atoms with Gasteiger partial charge < -0.3 is 20.4 Å². The van der Waals surface area contributed by atoms with Crippen molar-refractivity contribution >= 4 is 35.1 Å². The van der Waals surface area contributed by atoms with Crippen molar-refractivity contribution in [3.05, 3.63) is 70.7 Å². The zero-order valence-corrected chi connectivity index (χ0v) is 22.4. The maximum absolute atomic E-state index is 13.4. The second kappa shape index (κ2) is 11.8. The number of nitrogens with zero attached hydrogens (tertiary/aromatic N) is 4. The number of hydrogen-bond donors (Lipinski definition) is 2. The summed E-state index contributed by atoms with van der Waals surface area (Å²) in [6.07, 6.45) is 2.72. The number of anilines is 2.